The average molecular weight is 212 g/mol. The predicted molar refractivity (Wildman–Crippen MR) is 50.1 cm³/mol. The van der Waals surface area contributed by atoms with Gasteiger partial charge in [0.2, 0.25) is 0 Å². The van der Waals surface area contributed by atoms with E-state index in [0.29, 0.717) is 6.42 Å². The fourth-order valence-electron chi connectivity index (χ4n) is 1.66. The summed E-state index contributed by atoms with van der Waals surface area (Å²) in [6.45, 7) is -0.164. The molecule has 1 aromatic rings. The quantitative estimate of drug-likeness (QED) is 0.649. The Morgan fingerprint density at radius 1 is 1.67 bits per heavy atom. The van der Waals surface area contributed by atoms with E-state index in [4.69, 9.17) is 9.84 Å². The van der Waals surface area contributed by atoms with Crippen molar-refractivity contribution in [2.75, 3.05) is 6.61 Å². The van der Waals surface area contributed by atoms with Gasteiger partial charge in [-0.15, -0.1) is 0 Å². The molecular weight excluding hydrogens is 200 g/mol. The molecule has 0 radical (unpaired) electrons. The molecule has 2 rings (SSSR count). The molecule has 0 bridgehead atoms. The zero-order chi connectivity index (χ0) is 10.8. The van der Waals surface area contributed by atoms with E-state index in [2.05, 4.69) is 4.98 Å². The Morgan fingerprint density at radius 3 is 3.07 bits per heavy atom. The Balaban J connectivity index is 2.25. The molecule has 82 valence electrons. The molecule has 2 N–H and O–H groups in total. The molecule has 0 saturated carbocycles. The lowest BCUT2D eigenvalue weighted by Crippen LogP contribution is -2.31. The number of aromatic nitrogens is 2. The standard InChI is InChI=1S/C9H12N2O4/c12-5-6-4-7(13)8(15-6)11-3-1-2-10-9(11)14/h1-3,6-8,12-13H,4-5H2/t6-,7-,8+/m0/s1. The third kappa shape index (κ3) is 1.92. The van der Waals surface area contributed by atoms with E-state index in [1.54, 1.807) is 6.07 Å². The summed E-state index contributed by atoms with van der Waals surface area (Å²) in [5, 5.41) is 18.5. The molecule has 0 amide bonds. The number of hydrogen-bond donors (Lipinski definition) is 2. The Bertz CT molecular complexity index is 392. The molecule has 3 atom stereocenters. The van der Waals surface area contributed by atoms with Crippen LogP contribution in [0.5, 0.6) is 0 Å². The van der Waals surface area contributed by atoms with Crippen molar-refractivity contribution in [3.8, 4) is 0 Å². The molecule has 1 aliphatic rings. The molecule has 6 nitrogen and oxygen atoms in total. The van der Waals surface area contributed by atoms with Gasteiger partial charge in [-0.05, 0) is 6.07 Å². The SMILES string of the molecule is O=c1ncccn1[C@@H]1O[C@H](CO)C[C@@H]1O. The minimum Gasteiger partial charge on any atom is -0.394 e. The molecule has 0 aliphatic carbocycles. The molecule has 15 heavy (non-hydrogen) atoms. The van der Waals surface area contributed by atoms with Crippen LogP contribution < -0.4 is 5.69 Å². The van der Waals surface area contributed by atoms with Crippen molar-refractivity contribution < 1.29 is 14.9 Å². The molecule has 1 saturated heterocycles. The smallest absolute Gasteiger partial charge is 0.349 e. The fraction of sp³-hybridized carbons (Fsp3) is 0.556. The number of ether oxygens (including phenoxy) is 1. The van der Waals surface area contributed by atoms with Crippen LogP contribution in [0.3, 0.4) is 0 Å². The van der Waals surface area contributed by atoms with Gasteiger partial charge in [0.1, 0.15) is 6.10 Å². The minimum atomic E-state index is -0.788. The normalized spacial score (nSPS) is 30.7. The molecule has 0 aromatic carbocycles. The van der Waals surface area contributed by atoms with Crippen LogP contribution in [-0.2, 0) is 4.74 Å². The van der Waals surface area contributed by atoms with Gasteiger partial charge < -0.3 is 14.9 Å². The summed E-state index contributed by atoms with van der Waals surface area (Å²) in [4.78, 5) is 14.9. The molecule has 1 fully saturated rings. The van der Waals surface area contributed by atoms with E-state index < -0.39 is 24.1 Å². The Kier molecular flexibility index (Phi) is 2.81. The van der Waals surface area contributed by atoms with Gasteiger partial charge in [-0.3, -0.25) is 4.57 Å². The highest BCUT2D eigenvalue weighted by atomic mass is 16.5. The van der Waals surface area contributed by atoms with Crippen LogP contribution in [0.15, 0.2) is 23.3 Å². The third-order valence-electron chi connectivity index (χ3n) is 2.38. The van der Waals surface area contributed by atoms with E-state index in [1.807, 2.05) is 0 Å². The van der Waals surface area contributed by atoms with E-state index in [-0.39, 0.29) is 6.61 Å². The second-order valence-corrected chi connectivity index (χ2v) is 3.44. The van der Waals surface area contributed by atoms with Crippen LogP contribution in [-0.4, -0.2) is 38.6 Å². The number of aliphatic hydroxyl groups is 2. The van der Waals surface area contributed by atoms with Crippen LogP contribution in [0.2, 0.25) is 0 Å². The minimum absolute atomic E-state index is 0.164. The van der Waals surface area contributed by atoms with Crippen molar-refractivity contribution in [3.63, 3.8) is 0 Å². The monoisotopic (exact) mass is 212 g/mol. The van der Waals surface area contributed by atoms with Crippen LogP contribution in [0.1, 0.15) is 12.6 Å². The second kappa shape index (κ2) is 4.09. The summed E-state index contributed by atoms with van der Waals surface area (Å²) in [6.07, 6.45) is 1.25. The first-order valence-electron chi connectivity index (χ1n) is 4.70. The van der Waals surface area contributed by atoms with E-state index in [1.165, 1.54) is 17.0 Å². The van der Waals surface area contributed by atoms with E-state index >= 15 is 0 Å². The average Bonchev–Trinajstić information content (AvgIpc) is 2.60. The molecule has 0 unspecified atom stereocenters. The van der Waals surface area contributed by atoms with E-state index in [9.17, 15) is 9.90 Å². The van der Waals surface area contributed by atoms with Gasteiger partial charge in [-0.25, -0.2) is 9.78 Å². The number of nitrogens with zero attached hydrogens (tertiary/aromatic N) is 2. The highest BCUT2D eigenvalue weighted by Crippen LogP contribution is 2.26. The van der Waals surface area contributed by atoms with Gasteiger partial charge in [0.05, 0.1) is 12.7 Å². The van der Waals surface area contributed by atoms with E-state index in [0.717, 1.165) is 0 Å². The fourth-order valence-corrected chi connectivity index (χ4v) is 1.66. The summed E-state index contributed by atoms with van der Waals surface area (Å²) in [7, 11) is 0. The number of aliphatic hydroxyl groups excluding tert-OH is 2. The first-order chi connectivity index (χ1) is 7.22. The molecular formula is C9H12N2O4. The molecule has 0 spiro atoms. The Morgan fingerprint density at radius 2 is 2.47 bits per heavy atom. The summed E-state index contributed by atoms with van der Waals surface area (Å²) in [6, 6.07) is 1.59. The topological polar surface area (TPSA) is 84.6 Å². The highest BCUT2D eigenvalue weighted by molar-refractivity contribution is 4.88. The molecule has 6 heteroatoms. The third-order valence-corrected chi connectivity index (χ3v) is 2.38. The lowest BCUT2D eigenvalue weighted by atomic mass is 10.2. The number of rotatable bonds is 2. The summed E-state index contributed by atoms with van der Waals surface area (Å²) in [5.41, 5.74) is -0.472. The highest BCUT2D eigenvalue weighted by Gasteiger charge is 2.35. The van der Waals surface area contributed by atoms with Crippen LogP contribution in [0, 0.1) is 0 Å². The van der Waals surface area contributed by atoms with Crippen molar-refractivity contribution in [3.05, 3.63) is 28.9 Å². The van der Waals surface area contributed by atoms with Gasteiger partial charge in [-0.1, -0.05) is 0 Å². The van der Waals surface area contributed by atoms with Crippen molar-refractivity contribution in [1.29, 1.82) is 0 Å². The Labute approximate surface area is 85.8 Å². The summed E-state index contributed by atoms with van der Waals surface area (Å²) < 4.78 is 6.54. The predicted octanol–water partition coefficient (Wildman–Crippen LogP) is -1.12. The lowest BCUT2D eigenvalue weighted by molar-refractivity contribution is -0.0530. The first-order valence-corrected chi connectivity index (χ1v) is 4.70. The molecule has 2 heterocycles. The maximum atomic E-state index is 11.3. The van der Waals surface area contributed by atoms with Gasteiger partial charge in [0, 0.05) is 18.8 Å². The number of hydrogen-bond acceptors (Lipinski definition) is 5. The van der Waals surface area contributed by atoms with Crippen molar-refractivity contribution in [2.45, 2.75) is 24.9 Å². The Hall–Kier alpha value is -1.24. The molecule has 1 aromatic heterocycles. The zero-order valence-electron chi connectivity index (χ0n) is 7.98. The van der Waals surface area contributed by atoms with Gasteiger partial charge in [0.25, 0.3) is 0 Å². The van der Waals surface area contributed by atoms with Gasteiger partial charge in [-0.2, -0.15) is 0 Å². The zero-order valence-corrected chi connectivity index (χ0v) is 7.98. The van der Waals surface area contributed by atoms with Crippen molar-refractivity contribution in [1.82, 2.24) is 9.55 Å². The van der Waals surface area contributed by atoms with Gasteiger partial charge >= 0.3 is 5.69 Å². The van der Waals surface area contributed by atoms with Crippen molar-refractivity contribution >= 4 is 0 Å². The van der Waals surface area contributed by atoms with Crippen molar-refractivity contribution in [2.24, 2.45) is 0 Å². The second-order valence-electron chi connectivity index (χ2n) is 3.44. The maximum absolute atomic E-state index is 11.3. The largest absolute Gasteiger partial charge is 0.394 e. The molecule has 1 aliphatic heterocycles. The first kappa shape index (κ1) is 10.3. The van der Waals surface area contributed by atoms with Crippen LogP contribution >= 0.6 is 0 Å². The summed E-state index contributed by atoms with van der Waals surface area (Å²) in [5.74, 6) is 0. The van der Waals surface area contributed by atoms with Crippen LogP contribution in [0.25, 0.3) is 0 Å². The summed E-state index contributed by atoms with van der Waals surface area (Å²) >= 11 is 0. The van der Waals surface area contributed by atoms with Crippen LogP contribution in [0.4, 0.5) is 0 Å². The van der Waals surface area contributed by atoms with Gasteiger partial charge in [0.15, 0.2) is 6.23 Å². The lowest BCUT2D eigenvalue weighted by Gasteiger charge is -2.16. The maximum Gasteiger partial charge on any atom is 0.349 e.